The van der Waals surface area contributed by atoms with Gasteiger partial charge in [0.15, 0.2) is 0 Å². The maximum Gasteiger partial charge on any atom is 0.243 e. The van der Waals surface area contributed by atoms with Gasteiger partial charge in [0.05, 0.1) is 19.1 Å². The van der Waals surface area contributed by atoms with Crippen molar-refractivity contribution in [1.82, 2.24) is 10.2 Å². The maximum atomic E-state index is 14.1. The first-order valence-electron chi connectivity index (χ1n) is 14.7. The minimum absolute atomic E-state index is 0.0171. The van der Waals surface area contributed by atoms with E-state index in [1.807, 2.05) is 30.3 Å². The SMILES string of the molecule is COc1cccc(N(CCCC(=O)N(Cc2ccc(Cl)cc2Cl)[C@H](Cc2ccccc2)C(=O)NC2CCCC2)S(C)(=O)=O)c1. The Morgan fingerprint density at radius 1 is 1.00 bits per heavy atom. The molecule has 1 aliphatic carbocycles. The second-order valence-electron chi connectivity index (χ2n) is 11.1. The Labute approximate surface area is 270 Å². The van der Waals surface area contributed by atoms with E-state index in [0.717, 1.165) is 37.5 Å². The van der Waals surface area contributed by atoms with Crippen LogP contribution >= 0.6 is 23.2 Å². The fourth-order valence-electron chi connectivity index (χ4n) is 5.52. The van der Waals surface area contributed by atoms with Crippen LogP contribution in [0.2, 0.25) is 10.0 Å². The van der Waals surface area contributed by atoms with Crippen LogP contribution in [-0.4, -0.2) is 57.1 Å². The molecule has 0 aromatic heterocycles. The number of benzene rings is 3. The molecule has 1 saturated carbocycles. The molecule has 44 heavy (non-hydrogen) atoms. The molecule has 0 heterocycles. The van der Waals surface area contributed by atoms with Gasteiger partial charge in [-0.05, 0) is 54.7 Å². The number of sulfonamides is 1. The molecular formula is C33H39Cl2N3O5S. The number of methoxy groups -OCH3 is 1. The van der Waals surface area contributed by atoms with E-state index < -0.39 is 16.1 Å². The zero-order valence-corrected chi connectivity index (χ0v) is 27.4. The molecule has 3 aromatic carbocycles. The summed E-state index contributed by atoms with van der Waals surface area (Å²) in [6, 6.07) is 20.7. The van der Waals surface area contributed by atoms with Crippen molar-refractivity contribution in [2.24, 2.45) is 0 Å². The number of hydrogen-bond donors (Lipinski definition) is 1. The van der Waals surface area contributed by atoms with E-state index in [2.05, 4.69) is 5.32 Å². The average molecular weight is 661 g/mol. The van der Waals surface area contributed by atoms with Gasteiger partial charge in [-0.15, -0.1) is 0 Å². The van der Waals surface area contributed by atoms with Gasteiger partial charge in [0.1, 0.15) is 11.8 Å². The summed E-state index contributed by atoms with van der Waals surface area (Å²) in [7, 11) is -2.13. The molecule has 2 amide bonds. The van der Waals surface area contributed by atoms with Crippen LogP contribution in [0.25, 0.3) is 0 Å². The molecule has 0 spiro atoms. The number of anilines is 1. The number of hydrogen-bond acceptors (Lipinski definition) is 5. The Kier molecular flexibility index (Phi) is 11.9. The highest BCUT2D eigenvalue weighted by Gasteiger charge is 2.32. The number of nitrogens with one attached hydrogen (secondary N) is 1. The lowest BCUT2D eigenvalue weighted by atomic mass is 10.0. The average Bonchev–Trinajstić information content (AvgIpc) is 3.51. The molecule has 1 N–H and O–H groups in total. The molecule has 0 aliphatic heterocycles. The van der Waals surface area contributed by atoms with E-state index in [9.17, 15) is 18.0 Å². The van der Waals surface area contributed by atoms with Crippen LogP contribution in [0.1, 0.15) is 49.7 Å². The standard InChI is InChI=1S/C33H39Cl2N3O5S/c1-43-29-15-8-14-28(22-29)38(44(2,41)42)19-9-16-32(39)37(23-25-17-18-26(34)21-30(25)35)31(20-24-10-4-3-5-11-24)33(40)36-27-12-6-7-13-27/h3-5,8,10-11,14-15,17-18,21-22,27,31H,6-7,9,12-13,16,19-20,23H2,1-2H3,(H,36,40)/t31-/m1/s1. The van der Waals surface area contributed by atoms with Crippen molar-refractivity contribution in [3.63, 3.8) is 0 Å². The monoisotopic (exact) mass is 659 g/mol. The van der Waals surface area contributed by atoms with Crippen LogP contribution < -0.4 is 14.4 Å². The van der Waals surface area contributed by atoms with Gasteiger partial charge < -0.3 is 15.0 Å². The van der Waals surface area contributed by atoms with E-state index in [4.69, 9.17) is 27.9 Å². The van der Waals surface area contributed by atoms with E-state index in [1.54, 1.807) is 47.4 Å². The number of amides is 2. The van der Waals surface area contributed by atoms with Crippen LogP contribution in [0.5, 0.6) is 5.75 Å². The van der Waals surface area contributed by atoms with E-state index in [1.165, 1.54) is 11.4 Å². The van der Waals surface area contributed by atoms with Crippen LogP contribution in [0, 0.1) is 0 Å². The minimum Gasteiger partial charge on any atom is -0.497 e. The summed E-state index contributed by atoms with van der Waals surface area (Å²) in [5.41, 5.74) is 2.02. The van der Waals surface area contributed by atoms with Crippen molar-refractivity contribution in [2.45, 2.75) is 63.6 Å². The summed E-state index contributed by atoms with van der Waals surface area (Å²) in [5.74, 6) is 0.0289. The lowest BCUT2D eigenvalue weighted by molar-refractivity contribution is -0.141. The molecule has 8 nitrogen and oxygen atoms in total. The van der Waals surface area contributed by atoms with Gasteiger partial charge in [0.25, 0.3) is 0 Å². The van der Waals surface area contributed by atoms with Crippen molar-refractivity contribution < 1.29 is 22.7 Å². The number of halogens is 2. The fourth-order valence-corrected chi connectivity index (χ4v) is 6.95. The molecule has 4 rings (SSSR count). The summed E-state index contributed by atoms with van der Waals surface area (Å²) in [4.78, 5) is 29.5. The molecule has 1 aliphatic rings. The summed E-state index contributed by atoms with van der Waals surface area (Å²) in [6.45, 7) is 0.168. The van der Waals surface area contributed by atoms with Gasteiger partial charge in [-0.25, -0.2) is 8.42 Å². The number of nitrogens with zero attached hydrogens (tertiary/aromatic N) is 2. The smallest absolute Gasteiger partial charge is 0.243 e. The maximum absolute atomic E-state index is 14.1. The molecular weight excluding hydrogens is 621 g/mol. The van der Waals surface area contributed by atoms with E-state index >= 15 is 0 Å². The number of ether oxygens (including phenoxy) is 1. The van der Waals surface area contributed by atoms with Crippen LogP contribution in [-0.2, 0) is 32.6 Å². The van der Waals surface area contributed by atoms with E-state index in [-0.39, 0.29) is 43.8 Å². The van der Waals surface area contributed by atoms with Gasteiger partial charge in [-0.1, -0.05) is 78.5 Å². The van der Waals surface area contributed by atoms with Crippen LogP contribution in [0.3, 0.4) is 0 Å². The Hall–Kier alpha value is -3.27. The summed E-state index contributed by atoms with van der Waals surface area (Å²) in [6.07, 6.45) is 5.63. The van der Waals surface area contributed by atoms with Gasteiger partial charge >= 0.3 is 0 Å². The molecule has 1 fully saturated rings. The van der Waals surface area contributed by atoms with Crippen molar-refractivity contribution in [3.8, 4) is 5.75 Å². The zero-order chi connectivity index (χ0) is 31.7. The van der Waals surface area contributed by atoms with Crippen LogP contribution in [0.4, 0.5) is 5.69 Å². The molecule has 0 radical (unpaired) electrons. The van der Waals surface area contributed by atoms with Crippen molar-refractivity contribution in [2.75, 3.05) is 24.2 Å². The predicted octanol–water partition coefficient (Wildman–Crippen LogP) is 6.25. The number of carbonyl (C=O) groups is 2. The third kappa shape index (κ3) is 9.36. The minimum atomic E-state index is -3.64. The predicted molar refractivity (Wildman–Crippen MR) is 176 cm³/mol. The molecule has 0 bridgehead atoms. The molecule has 0 saturated heterocycles. The largest absolute Gasteiger partial charge is 0.497 e. The number of rotatable bonds is 14. The van der Waals surface area contributed by atoms with E-state index in [0.29, 0.717) is 33.5 Å². The Morgan fingerprint density at radius 3 is 2.39 bits per heavy atom. The Balaban J connectivity index is 1.61. The summed E-state index contributed by atoms with van der Waals surface area (Å²) in [5, 5.41) is 4.05. The van der Waals surface area contributed by atoms with Gasteiger partial charge in [0, 0.05) is 48.1 Å². The molecule has 0 unspecified atom stereocenters. The highest BCUT2D eigenvalue weighted by Crippen LogP contribution is 2.27. The van der Waals surface area contributed by atoms with Gasteiger partial charge in [-0.2, -0.15) is 0 Å². The topological polar surface area (TPSA) is 96.0 Å². The molecule has 11 heteroatoms. The first kappa shape index (κ1) is 33.6. The van der Waals surface area contributed by atoms with Crippen molar-refractivity contribution >= 4 is 50.7 Å². The third-order valence-corrected chi connectivity index (χ3v) is 9.60. The molecule has 3 aromatic rings. The fraction of sp³-hybridized carbons (Fsp3) is 0.394. The highest BCUT2D eigenvalue weighted by atomic mass is 35.5. The van der Waals surface area contributed by atoms with Gasteiger partial charge in [-0.3, -0.25) is 13.9 Å². The Bertz CT molecular complexity index is 1530. The summed E-state index contributed by atoms with van der Waals surface area (Å²) < 4.78 is 32.0. The van der Waals surface area contributed by atoms with Crippen molar-refractivity contribution in [1.29, 1.82) is 0 Å². The second kappa shape index (κ2) is 15.6. The lowest BCUT2D eigenvalue weighted by Crippen LogP contribution is -2.52. The molecule has 1 atom stereocenters. The summed E-state index contributed by atoms with van der Waals surface area (Å²) >= 11 is 12.7. The van der Waals surface area contributed by atoms with Crippen LogP contribution in [0.15, 0.2) is 72.8 Å². The third-order valence-electron chi connectivity index (χ3n) is 7.82. The molecule has 236 valence electrons. The van der Waals surface area contributed by atoms with Crippen molar-refractivity contribution in [3.05, 3.63) is 94.0 Å². The lowest BCUT2D eigenvalue weighted by Gasteiger charge is -2.33. The first-order valence-corrected chi connectivity index (χ1v) is 17.3. The second-order valence-corrected chi connectivity index (χ2v) is 13.8. The quantitative estimate of drug-likeness (QED) is 0.221. The number of carbonyl (C=O) groups excluding carboxylic acids is 2. The Morgan fingerprint density at radius 2 is 1.73 bits per heavy atom. The zero-order valence-electron chi connectivity index (χ0n) is 25.0. The first-order chi connectivity index (χ1) is 21.0. The van der Waals surface area contributed by atoms with Gasteiger partial charge in [0.2, 0.25) is 21.8 Å². The normalized spacial score (nSPS) is 14.2. The highest BCUT2D eigenvalue weighted by molar-refractivity contribution is 7.92.